The summed E-state index contributed by atoms with van der Waals surface area (Å²) in [5.74, 6) is 0.379. The molecule has 182 valence electrons. The van der Waals surface area contributed by atoms with E-state index < -0.39 is 8.32 Å². The number of ether oxygens (including phenoxy) is 1. The molecule has 6 nitrogen and oxygen atoms in total. The van der Waals surface area contributed by atoms with Gasteiger partial charge in [-0.15, -0.1) is 0 Å². The zero-order valence-electron chi connectivity index (χ0n) is 21.1. The van der Waals surface area contributed by atoms with E-state index in [1.54, 1.807) is 0 Å². The fraction of sp³-hybridized carbons (Fsp3) is 0.481. The summed E-state index contributed by atoms with van der Waals surface area (Å²) in [5, 5.41) is 0.140. The van der Waals surface area contributed by atoms with E-state index in [-0.39, 0.29) is 22.8 Å². The molecule has 1 aromatic carbocycles. The Kier molecular flexibility index (Phi) is 6.98. The minimum Gasteiger partial charge on any atom is -0.469 e. The summed E-state index contributed by atoms with van der Waals surface area (Å²) in [6.45, 7) is 13.8. The Morgan fingerprint density at radius 3 is 2.59 bits per heavy atom. The molecule has 0 aliphatic carbocycles. The van der Waals surface area contributed by atoms with Crippen molar-refractivity contribution < 1.29 is 18.4 Å². The first kappa shape index (κ1) is 24.6. The van der Waals surface area contributed by atoms with Gasteiger partial charge in [-0.05, 0) is 35.3 Å². The van der Waals surface area contributed by atoms with Crippen LogP contribution in [0.15, 0.2) is 53.1 Å². The zero-order chi connectivity index (χ0) is 24.5. The van der Waals surface area contributed by atoms with Crippen molar-refractivity contribution >= 4 is 25.4 Å². The molecule has 4 rings (SSSR count). The summed E-state index contributed by atoms with van der Waals surface area (Å²) in [7, 11) is -0.412. The van der Waals surface area contributed by atoms with Crippen molar-refractivity contribution in [3.8, 4) is 0 Å². The predicted molar refractivity (Wildman–Crippen MR) is 136 cm³/mol. The van der Waals surface area contributed by atoms with Gasteiger partial charge in [-0.2, -0.15) is 0 Å². The number of aromatic nitrogens is 1. The number of rotatable bonds is 7. The molecule has 0 saturated carbocycles. The van der Waals surface area contributed by atoms with Gasteiger partial charge in [0.15, 0.2) is 13.9 Å². The molecule has 0 amide bonds. The Balaban J connectivity index is 1.53. The Hall–Kier alpha value is -2.48. The maximum absolute atomic E-state index is 12.6. The highest BCUT2D eigenvalue weighted by Crippen LogP contribution is 2.38. The molecule has 0 unspecified atom stereocenters. The third kappa shape index (κ3) is 5.27. The number of hydrogen-bond donors (Lipinski definition) is 0. The molecule has 34 heavy (non-hydrogen) atoms. The van der Waals surface area contributed by atoms with E-state index in [9.17, 15) is 4.79 Å². The Labute approximate surface area is 203 Å². The SMILES string of the molecule is COC(=O)[C@H]1CN(Cc2ccccc2)C[C@@H]1c1cnc2cc(CO[Si](C)(C)C(C)(C)C)oc2c1. The molecule has 0 spiro atoms. The van der Waals surface area contributed by atoms with Crippen LogP contribution >= 0.6 is 0 Å². The van der Waals surface area contributed by atoms with E-state index in [2.05, 4.69) is 55.9 Å². The minimum atomic E-state index is -1.87. The number of hydrogen-bond acceptors (Lipinski definition) is 6. The second-order valence-corrected chi connectivity index (χ2v) is 15.6. The molecule has 1 fully saturated rings. The largest absolute Gasteiger partial charge is 0.469 e. The van der Waals surface area contributed by atoms with Crippen LogP contribution in [0.25, 0.3) is 11.1 Å². The van der Waals surface area contributed by atoms with Crippen molar-refractivity contribution in [1.29, 1.82) is 0 Å². The smallest absolute Gasteiger partial charge is 0.310 e. The molecule has 1 saturated heterocycles. The molecule has 1 aliphatic rings. The maximum atomic E-state index is 12.6. The first-order chi connectivity index (χ1) is 16.1. The summed E-state index contributed by atoms with van der Waals surface area (Å²) < 4.78 is 17.6. The third-order valence-electron chi connectivity index (χ3n) is 7.40. The molecule has 2 aromatic heterocycles. The molecule has 0 N–H and O–H groups in total. The van der Waals surface area contributed by atoms with Crippen molar-refractivity contribution in [2.24, 2.45) is 5.92 Å². The number of furan rings is 1. The number of fused-ring (bicyclic) bond motifs is 1. The van der Waals surface area contributed by atoms with Crippen LogP contribution < -0.4 is 0 Å². The number of methoxy groups -OCH3 is 1. The number of pyridine rings is 1. The van der Waals surface area contributed by atoms with Gasteiger partial charge in [-0.25, -0.2) is 0 Å². The van der Waals surface area contributed by atoms with E-state index in [4.69, 9.17) is 13.6 Å². The number of carbonyl (C=O) groups excluding carboxylic acids is 1. The van der Waals surface area contributed by atoms with Crippen LogP contribution in [-0.4, -0.2) is 44.4 Å². The van der Waals surface area contributed by atoms with Crippen LogP contribution in [0.3, 0.4) is 0 Å². The third-order valence-corrected chi connectivity index (χ3v) is 11.9. The van der Waals surface area contributed by atoms with Gasteiger partial charge in [-0.3, -0.25) is 14.7 Å². The van der Waals surface area contributed by atoms with Gasteiger partial charge >= 0.3 is 5.97 Å². The lowest BCUT2D eigenvalue weighted by Gasteiger charge is -2.35. The topological polar surface area (TPSA) is 64.8 Å². The summed E-state index contributed by atoms with van der Waals surface area (Å²) in [6, 6.07) is 14.3. The lowest BCUT2D eigenvalue weighted by atomic mass is 9.90. The highest BCUT2D eigenvalue weighted by atomic mass is 28.4. The minimum absolute atomic E-state index is 0.00472. The number of carbonyl (C=O) groups is 1. The molecule has 7 heteroatoms. The van der Waals surface area contributed by atoms with Crippen molar-refractivity contribution in [2.75, 3.05) is 20.2 Å². The van der Waals surface area contributed by atoms with Crippen LogP contribution in [0.1, 0.15) is 43.6 Å². The van der Waals surface area contributed by atoms with E-state index in [1.807, 2.05) is 36.5 Å². The van der Waals surface area contributed by atoms with Gasteiger partial charge in [0, 0.05) is 37.8 Å². The van der Waals surface area contributed by atoms with Gasteiger partial charge in [0.1, 0.15) is 11.3 Å². The standard InChI is InChI=1S/C27H36N2O4Si/c1-27(2,3)34(5,6)32-18-21-13-24-25(33-21)12-20(14-28-24)22-16-29(17-23(22)26(30)31-4)15-19-10-8-7-9-11-19/h7-14,22-23H,15-18H2,1-6H3/t22-,23+/m1/s1. The van der Waals surface area contributed by atoms with E-state index >= 15 is 0 Å². The van der Waals surface area contributed by atoms with E-state index in [0.717, 1.165) is 35.5 Å². The predicted octanol–water partition coefficient (Wildman–Crippen LogP) is 5.74. The highest BCUT2D eigenvalue weighted by Gasteiger charge is 2.40. The number of nitrogens with zero attached hydrogens (tertiary/aromatic N) is 2. The van der Waals surface area contributed by atoms with Gasteiger partial charge in [0.05, 0.1) is 19.6 Å². The van der Waals surface area contributed by atoms with Gasteiger partial charge in [-0.1, -0.05) is 51.1 Å². The van der Waals surface area contributed by atoms with Crippen molar-refractivity contribution in [2.45, 2.75) is 58.0 Å². The average Bonchev–Trinajstić information content (AvgIpc) is 3.40. The first-order valence-electron chi connectivity index (χ1n) is 11.9. The van der Waals surface area contributed by atoms with Crippen molar-refractivity contribution in [3.63, 3.8) is 0 Å². The van der Waals surface area contributed by atoms with Gasteiger partial charge in [0.2, 0.25) is 0 Å². The lowest BCUT2D eigenvalue weighted by Crippen LogP contribution is -2.40. The number of likely N-dealkylation sites (tertiary alicyclic amines) is 1. The summed E-state index contributed by atoms with van der Waals surface area (Å²) in [4.78, 5) is 19.6. The molecular weight excluding hydrogens is 444 g/mol. The van der Waals surface area contributed by atoms with Crippen LogP contribution in [0.4, 0.5) is 0 Å². The van der Waals surface area contributed by atoms with E-state index in [0.29, 0.717) is 13.2 Å². The van der Waals surface area contributed by atoms with Crippen LogP contribution in [0, 0.1) is 5.92 Å². The quantitative estimate of drug-likeness (QED) is 0.317. The Bertz CT molecular complexity index is 1140. The summed E-state index contributed by atoms with van der Waals surface area (Å²) in [5.41, 5.74) is 3.78. The number of esters is 1. The van der Waals surface area contributed by atoms with Gasteiger partial charge in [0.25, 0.3) is 0 Å². The van der Waals surface area contributed by atoms with Crippen molar-refractivity contribution in [3.05, 3.63) is 65.5 Å². The van der Waals surface area contributed by atoms with Crippen LogP contribution in [-0.2, 0) is 27.1 Å². The molecular formula is C27H36N2O4Si. The second kappa shape index (κ2) is 9.64. The highest BCUT2D eigenvalue weighted by molar-refractivity contribution is 6.74. The van der Waals surface area contributed by atoms with Crippen LogP contribution in [0.5, 0.6) is 0 Å². The average molecular weight is 481 g/mol. The van der Waals surface area contributed by atoms with Gasteiger partial charge < -0.3 is 13.6 Å². The maximum Gasteiger partial charge on any atom is 0.310 e. The fourth-order valence-electron chi connectivity index (χ4n) is 4.31. The summed E-state index contributed by atoms with van der Waals surface area (Å²) in [6.07, 6.45) is 1.88. The summed E-state index contributed by atoms with van der Waals surface area (Å²) >= 11 is 0. The molecule has 1 aliphatic heterocycles. The monoisotopic (exact) mass is 480 g/mol. The molecule has 2 atom stereocenters. The molecule has 3 aromatic rings. The molecule has 0 bridgehead atoms. The zero-order valence-corrected chi connectivity index (χ0v) is 22.1. The molecule has 0 radical (unpaired) electrons. The second-order valence-electron chi connectivity index (χ2n) is 10.8. The first-order valence-corrected chi connectivity index (χ1v) is 14.8. The Morgan fingerprint density at radius 1 is 1.18 bits per heavy atom. The molecule has 3 heterocycles. The Morgan fingerprint density at radius 2 is 1.91 bits per heavy atom. The fourth-order valence-corrected chi connectivity index (χ4v) is 5.25. The normalized spacial score (nSPS) is 19.6. The number of benzene rings is 1. The van der Waals surface area contributed by atoms with Crippen LogP contribution in [0.2, 0.25) is 18.1 Å². The lowest BCUT2D eigenvalue weighted by molar-refractivity contribution is -0.145. The van der Waals surface area contributed by atoms with E-state index in [1.165, 1.54) is 12.7 Å². The van der Waals surface area contributed by atoms with Crippen molar-refractivity contribution in [1.82, 2.24) is 9.88 Å².